The van der Waals surface area contributed by atoms with Crippen molar-refractivity contribution in [2.75, 3.05) is 6.54 Å². The van der Waals surface area contributed by atoms with Gasteiger partial charge in [0.1, 0.15) is 6.04 Å². The molecule has 0 spiro atoms. The summed E-state index contributed by atoms with van der Waals surface area (Å²) in [5.74, 6) is -0.218. The average Bonchev–Trinajstić information content (AvgIpc) is 2.92. The number of nitrogens with zero attached hydrogens (tertiary/aromatic N) is 1. The molecule has 1 aromatic carbocycles. The van der Waals surface area contributed by atoms with E-state index in [-0.39, 0.29) is 12.1 Å². The molecule has 1 N–H and O–H groups in total. The van der Waals surface area contributed by atoms with E-state index in [0.29, 0.717) is 5.92 Å². The van der Waals surface area contributed by atoms with Crippen LogP contribution in [-0.4, -0.2) is 28.6 Å². The Labute approximate surface area is 95.7 Å². The summed E-state index contributed by atoms with van der Waals surface area (Å²) in [5, 5.41) is 9.13. The third-order valence-electron chi connectivity index (χ3n) is 2.89. The van der Waals surface area contributed by atoms with Gasteiger partial charge in [-0.2, -0.15) is 0 Å². The van der Waals surface area contributed by atoms with Crippen molar-refractivity contribution in [2.45, 2.75) is 25.9 Å². The molecule has 1 fully saturated rings. The molecule has 3 nitrogen and oxygen atoms in total. The van der Waals surface area contributed by atoms with E-state index in [1.54, 1.807) is 0 Å². The van der Waals surface area contributed by atoms with Crippen molar-refractivity contribution in [1.29, 1.82) is 0 Å². The maximum Gasteiger partial charge on any atom is 0.322 e. The molecule has 1 aromatic rings. The van der Waals surface area contributed by atoms with E-state index in [4.69, 9.17) is 5.11 Å². The van der Waals surface area contributed by atoms with Crippen LogP contribution >= 0.6 is 0 Å². The van der Waals surface area contributed by atoms with E-state index in [0.717, 1.165) is 12.1 Å². The smallest absolute Gasteiger partial charge is 0.322 e. The lowest BCUT2D eigenvalue weighted by Gasteiger charge is -2.06. The highest BCUT2D eigenvalue weighted by atomic mass is 16.4. The van der Waals surface area contributed by atoms with E-state index < -0.39 is 5.97 Å². The molecule has 0 saturated carbocycles. The van der Waals surface area contributed by atoms with Gasteiger partial charge >= 0.3 is 5.97 Å². The van der Waals surface area contributed by atoms with Gasteiger partial charge in [0, 0.05) is 6.54 Å². The van der Waals surface area contributed by atoms with Crippen molar-refractivity contribution in [1.82, 2.24) is 4.90 Å². The summed E-state index contributed by atoms with van der Waals surface area (Å²) in [6.45, 7) is 5.06. The summed E-state index contributed by atoms with van der Waals surface area (Å²) in [6.07, 6.45) is 0. The van der Waals surface area contributed by atoms with Crippen molar-refractivity contribution < 1.29 is 9.90 Å². The molecule has 3 heteroatoms. The van der Waals surface area contributed by atoms with Crippen molar-refractivity contribution >= 4 is 5.97 Å². The number of rotatable bonds is 4. The van der Waals surface area contributed by atoms with Crippen LogP contribution in [0.4, 0.5) is 0 Å². The normalized spacial score (nSPS) is 28.1. The Balaban J connectivity index is 2.13. The Morgan fingerprint density at radius 3 is 2.50 bits per heavy atom. The van der Waals surface area contributed by atoms with E-state index in [1.165, 1.54) is 0 Å². The van der Waals surface area contributed by atoms with E-state index in [9.17, 15) is 4.79 Å². The second-order valence-corrected chi connectivity index (χ2v) is 4.73. The first-order valence-electron chi connectivity index (χ1n) is 5.64. The van der Waals surface area contributed by atoms with E-state index in [1.807, 2.05) is 35.2 Å². The quantitative estimate of drug-likeness (QED) is 0.789. The van der Waals surface area contributed by atoms with Gasteiger partial charge in [0.15, 0.2) is 0 Å². The Morgan fingerprint density at radius 2 is 2.00 bits per heavy atom. The second kappa shape index (κ2) is 4.26. The summed E-state index contributed by atoms with van der Waals surface area (Å²) < 4.78 is 0. The zero-order valence-electron chi connectivity index (χ0n) is 9.63. The van der Waals surface area contributed by atoms with Gasteiger partial charge in [-0.3, -0.25) is 9.69 Å². The maximum atomic E-state index is 11.1. The molecule has 1 unspecified atom stereocenters. The molecule has 86 valence electrons. The number of carbonyl (C=O) groups is 1. The molecule has 1 aliphatic rings. The van der Waals surface area contributed by atoms with Gasteiger partial charge in [0.2, 0.25) is 0 Å². The first kappa shape index (κ1) is 11.1. The Bertz CT molecular complexity index is 375. The molecular formula is C13H17NO2. The van der Waals surface area contributed by atoms with Crippen molar-refractivity contribution in [3.8, 4) is 0 Å². The topological polar surface area (TPSA) is 40.3 Å². The van der Waals surface area contributed by atoms with Crippen LogP contribution in [0.1, 0.15) is 25.5 Å². The minimum atomic E-state index is -0.713. The molecule has 0 aromatic heterocycles. The van der Waals surface area contributed by atoms with Gasteiger partial charge in [-0.25, -0.2) is 0 Å². The van der Waals surface area contributed by atoms with Gasteiger partial charge < -0.3 is 5.11 Å². The lowest BCUT2D eigenvalue weighted by Crippen LogP contribution is -2.15. The maximum absolute atomic E-state index is 11.1. The SMILES string of the molecule is CC(C)CN1[C@H](C(=O)O)[C@@H]1c1ccccc1. The zero-order chi connectivity index (χ0) is 11.7. The predicted molar refractivity (Wildman–Crippen MR) is 62.2 cm³/mol. The third kappa shape index (κ3) is 2.09. The van der Waals surface area contributed by atoms with Crippen LogP contribution in [0.5, 0.6) is 0 Å². The lowest BCUT2D eigenvalue weighted by atomic mass is 10.1. The highest BCUT2D eigenvalue weighted by molar-refractivity contribution is 5.78. The van der Waals surface area contributed by atoms with Crippen molar-refractivity contribution in [3.63, 3.8) is 0 Å². The Kier molecular flexibility index (Phi) is 2.97. The largest absolute Gasteiger partial charge is 0.480 e. The van der Waals surface area contributed by atoms with Crippen LogP contribution in [0, 0.1) is 5.92 Å². The first-order chi connectivity index (χ1) is 7.61. The molecular weight excluding hydrogens is 202 g/mol. The Hall–Kier alpha value is -1.35. The van der Waals surface area contributed by atoms with Crippen molar-refractivity contribution in [2.24, 2.45) is 5.92 Å². The second-order valence-electron chi connectivity index (χ2n) is 4.73. The lowest BCUT2D eigenvalue weighted by molar-refractivity contribution is -0.137. The van der Waals surface area contributed by atoms with Crippen LogP contribution in [0.2, 0.25) is 0 Å². The summed E-state index contributed by atoms with van der Waals surface area (Å²) in [7, 11) is 0. The monoisotopic (exact) mass is 219 g/mol. The summed E-state index contributed by atoms with van der Waals surface area (Å²) in [4.78, 5) is 13.1. The predicted octanol–water partition coefficient (Wildman–Crippen LogP) is 2.15. The van der Waals surface area contributed by atoms with Gasteiger partial charge in [-0.05, 0) is 11.5 Å². The minimum Gasteiger partial charge on any atom is -0.480 e. The van der Waals surface area contributed by atoms with Gasteiger partial charge in [-0.1, -0.05) is 44.2 Å². The number of hydrogen-bond donors (Lipinski definition) is 1. The highest BCUT2D eigenvalue weighted by Gasteiger charge is 2.53. The molecule has 0 radical (unpaired) electrons. The zero-order valence-corrected chi connectivity index (χ0v) is 9.63. The molecule has 0 aliphatic carbocycles. The number of carboxylic acids is 1. The van der Waals surface area contributed by atoms with Crippen LogP contribution < -0.4 is 0 Å². The number of benzene rings is 1. The fraction of sp³-hybridized carbons (Fsp3) is 0.462. The van der Waals surface area contributed by atoms with Crippen LogP contribution in [0.3, 0.4) is 0 Å². The molecule has 3 atom stereocenters. The number of aliphatic carboxylic acids is 1. The average molecular weight is 219 g/mol. The highest BCUT2D eigenvalue weighted by Crippen LogP contribution is 2.43. The summed E-state index contributed by atoms with van der Waals surface area (Å²) >= 11 is 0. The van der Waals surface area contributed by atoms with Gasteiger partial charge in [0.25, 0.3) is 0 Å². The fourth-order valence-electron chi connectivity index (χ4n) is 2.23. The summed E-state index contributed by atoms with van der Waals surface area (Å²) in [6, 6.07) is 9.61. The molecule has 0 bridgehead atoms. The van der Waals surface area contributed by atoms with E-state index >= 15 is 0 Å². The first-order valence-corrected chi connectivity index (χ1v) is 5.64. The van der Waals surface area contributed by atoms with Crippen LogP contribution in [0.25, 0.3) is 0 Å². The molecule has 0 amide bonds. The Morgan fingerprint density at radius 1 is 1.38 bits per heavy atom. The molecule has 16 heavy (non-hydrogen) atoms. The molecule has 1 heterocycles. The van der Waals surface area contributed by atoms with Crippen LogP contribution in [-0.2, 0) is 4.79 Å². The third-order valence-corrected chi connectivity index (χ3v) is 2.89. The van der Waals surface area contributed by atoms with Crippen molar-refractivity contribution in [3.05, 3.63) is 35.9 Å². The molecule has 1 saturated heterocycles. The number of hydrogen-bond acceptors (Lipinski definition) is 2. The standard InChI is InChI=1S/C13H17NO2/c1-9(2)8-14-11(12(14)13(15)16)10-6-4-3-5-7-10/h3-7,9,11-12H,8H2,1-2H3,(H,15,16)/t11-,12-,14?/m0/s1. The molecule has 1 aliphatic heterocycles. The molecule has 2 rings (SSSR count). The fourth-order valence-corrected chi connectivity index (χ4v) is 2.23. The van der Waals surface area contributed by atoms with Crippen LogP contribution in [0.15, 0.2) is 30.3 Å². The van der Waals surface area contributed by atoms with E-state index in [2.05, 4.69) is 13.8 Å². The summed E-state index contributed by atoms with van der Waals surface area (Å²) in [5.41, 5.74) is 1.11. The number of carboxylic acid groups (broad SMARTS) is 1. The van der Waals surface area contributed by atoms with Gasteiger partial charge in [0.05, 0.1) is 6.04 Å². The van der Waals surface area contributed by atoms with Gasteiger partial charge in [-0.15, -0.1) is 0 Å². The minimum absolute atomic E-state index is 0.0705.